The first kappa shape index (κ1) is 18.6. The predicted molar refractivity (Wildman–Crippen MR) is 91.4 cm³/mol. The fraction of sp³-hybridized carbons (Fsp3) is 0.222. The Hall–Kier alpha value is -3.20. The Morgan fingerprint density at radius 3 is 2.67 bits per heavy atom. The molecule has 1 atom stereocenters. The zero-order valence-electron chi connectivity index (χ0n) is 14.5. The van der Waals surface area contributed by atoms with E-state index in [4.69, 9.17) is 0 Å². The van der Waals surface area contributed by atoms with Crippen LogP contribution in [0.4, 0.5) is 8.78 Å². The molecule has 0 saturated carbocycles. The second-order valence-corrected chi connectivity index (χ2v) is 5.97. The highest BCUT2D eigenvalue weighted by molar-refractivity contribution is 5.93. The van der Waals surface area contributed by atoms with Gasteiger partial charge in [0.05, 0.1) is 13.1 Å². The molecule has 27 heavy (non-hydrogen) atoms. The van der Waals surface area contributed by atoms with Gasteiger partial charge in [-0.1, -0.05) is 24.3 Å². The van der Waals surface area contributed by atoms with Crippen molar-refractivity contribution in [1.82, 2.24) is 25.1 Å². The zero-order valence-corrected chi connectivity index (χ0v) is 14.5. The highest BCUT2D eigenvalue weighted by Crippen LogP contribution is 2.19. The molecule has 3 aromatic rings. The molecule has 3 rings (SSSR count). The standard InChI is InChI=1S/C18H17F2N5O2/c1-24(18(27)12-5-3-2-4-6-12)11-17-21-23-25(22-17)10-16(26)14-8-7-13(19)9-15(14)20/h2-9,16,26H,10-11H2,1H3. The van der Waals surface area contributed by atoms with Crippen molar-refractivity contribution in [3.63, 3.8) is 0 Å². The van der Waals surface area contributed by atoms with Crippen LogP contribution in [0.2, 0.25) is 0 Å². The summed E-state index contributed by atoms with van der Waals surface area (Å²) in [5.41, 5.74) is 0.473. The molecular formula is C18H17F2N5O2. The van der Waals surface area contributed by atoms with Crippen LogP contribution in [0, 0.1) is 11.6 Å². The molecule has 0 bridgehead atoms. The minimum Gasteiger partial charge on any atom is -0.386 e. The van der Waals surface area contributed by atoms with E-state index in [-0.39, 0.29) is 30.4 Å². The quantitative estimate of drug-likeness (QED) is 0.714. The Bertz CT molecular complexity index is 933. The summed E-state index contributed by atoms with van der Waals surface area (Å²) in [5.74, 6) is -1.50. The number of aromatic nitrogens is 4. The monoisotopic (exact) mass is 373 g/mol. The van der Waals surface area contributed by atoms with Gasteiger partial charge in [0.15, 0.2) is 5.82 Å². The van der Waals surface area contributed by atoms with Crippen molar-refractivity contribution in [2.24, 2.45) is 0 Å². The van der Waals surface area contributed by atoms with Gasteiger partial charge >= 0.3 is 0 Å². The molecule has 0 fully saturated rings. The third-order valence-corrected chi connectivity index (χ3v) is 3.90. The van der Waals surface area contributed by atoms with E-state index in [0.717, 1.165) is 10.9 Å². The van der Waals surface area contributed by atoms with Gasteiger partial charge < -0.3 is 10.0 Å². The fourth-order valence-electron chi connectivity index (χ4n) is 2.53. The van der Waals surface area contributed by atoms with Crippen LogP contribution in [0.1, 0.15) is 27.8 Å². The summed E-state index contributed by atoms with van der Waals surface area (Å²) >= 11 is 0. The first-order chi connectivity index (χ1) is 12.9. The second-order valence-electron chi connectivity index (χ2n) is 5.97. The van der Waals surface area contributed by atoms with Crippen LogP contribution in [-0.4, -0.2) is 43.2 Å². The molecule has 140 valence electrons. The molecule has 9 heteroatoms. The van der Waals surface area contributed by atoms with E-state index in [9.17, 15) is 18.7 Å². The van der Waals surface area contributed by atoms with Crippen LogP contribution in [-0.2, 0) is 13.1 Å². The molecule has 1 heterocycles. The Kier molecular flexibility index (Phi) is 5.51. The topological polar surface area (TPSA) is 84.1 Å². The van der Waals surface area contributed by atoms with Gasteiger partial charge in [0.25, 0.3) is 5.91 Å². The summed E-state index contributed by atoms with van der Waals surface area (Å²) in [6.07, 6.45) is -1.27. The fourth-order valence-corrected chi connectivity index (χ4v) is 2.53. The van der Waals surface area contributed by atoms with E-state index >= 15 is 0 Å². The smallest absolute Gasteiger partial charge is 0.254 e. The van der Waals surface area contributed by atoms with E-state index in [2.05, 4.69) is 15.4 Å². The van der Waals surface area contributed by atoms with E-state index in [0.29, 0.717) is 11.6 Å². The van der Waals surface area contributed by atoms with Crippen molar-refractivity contribution in [3.05, 3.63) is 77.1 Å². The SMILES string of the molecule is CN(Cc1nnn(CC(O)c2ccc(F)cc2F)n1)C(=O)c1ccccc1. The number of benzene rings is 2. The van der Waals surface area contributed by atoms with Gasteiger partial charge in [0.1, 0.15) is 17.7 Å². The Morgan fingerprint density at radius 2 is 1.96 bits per heavy atom. The maximum atomic E-state index is 13.7. The molecular weight excluding hydrogens is 356 g/mol. The van der Waals surface area contributed by atoms with E-state index in [1.807, 2.05) is 6.07 Å². The Morgan fingerprint density at radius 1 is 1.22 bits per heavy atom. The van der Waals surface area contributed by atoms with Crippen LogP contribution < -0.4 is 0 Å². The van der Waals surface area contributed by atoms with Crippen molar-refractivity contribution in [2.75, 3.05) is 7.05 Å². The van der Waals surface area contributed by atoms with Crippen LogP contribution in [0.15, 0.2) is 48.5 Å². The predicted octanol–water partition coefficient (Wildman–Crippen LogP) is 1.96. The lowest BCUT2D eigenvalue weighted by molar-refractivity contribution is 0.0781. The molecule has 1 aromatic heterocycles. The van der Waals surface area contributed by atoms with Crippen LogP contribution in [0.25, 0.3) is 0 Å². The molecule has 0 saturated heterocycles. The normalized spacial score (nSPS) is 12.0. The number of aliphatic hydroxyl groups is 1. The van der Waals surface area contributed by atoms with Crippen molar-refractivity contribution in [2.45, 2.75) is 19.2 Å². The average molecular weight is 373 g/mol. The molecule has 0 aliphatic rings. The molecule has 1 N–H and O–H groups in total. The number of carbonyl (C=O) groups is 1. The molecule has 1 amide bonds. The maximum Gasteiger partial charge on any atom is 0.254 e. The average Bonchev–Trinajstić information content (AvgIpc) is 3.08. The summed E-state index contributed by atoms with van der Waals surface area (Å²) in [6.45, 7) is -0.0410. The molecule has 0 aliphatic heterocycles. The number of amides is 1. The van der Waals surface area contributed by atoms with Crippen LogP contribution in [0.5, 0.6) is 0 Å². The molecule has 0 spiro atoms. The molecule has 2 aromatic carbocycles. The van der Waals surface area contributed by atoms with Gasteiger partial charge in [0.2, 0.25) is 0 Å². The van der Waals surface area contributed by atoms with Crippen molar-refractivity contribution < 1.29 is 18.7 Å². The lowest BCUT2D eigenvalue weighted by atomic mass is 10.1. The van der Waals surface area contributed by atoms with Crippen LogP contribution in [0.3, 0.4) is 0 Å². The highest BCUT2D eigenvalue weighted by Gasteiger charge is 2.18. The number of carbonyl (C=O) groups excluding carboxylic acids is 1. The van der Waals surface area contributed by atoms with E-state index in [1.165, 1.54) is 11.0 Å². The van der Waals surface area contributed by atoms with E-state index < -0.39 is 17.7 Å². The maximum absolute atomic E-state index is 13.7. The minimum absolute atomic E-state index is 0.0633. The lowest BCUT2D eigenvalue weighted by Crippen LogP contribution is -2.26. The number of hydrogen-bond donors (Lipinski definition) is 1. The molecule has 0 radical (unpaired) electrons. The number of tetrazole rings is 1. The van der Waals surface area contributed by atoms with Gasteiger partial charge in [-0.25, -0.2) is 8.78 Å². The molecule has 0 aliphatic carbocycles. The number of aliphatic hydroxyl groups excluding tert-OH is 1. The Labute approximate surface area is 153 Å². The summed E-state index contributed by atoms with van der Waals surface area (Å²) in [4.78, 5) is 14.9. The zero-order chi connectivity index (χ0) is 19.4. The van der Waals surface area contributed by atoms with Gasteiger partial charge in [-0.3, -0.25) is 4.79 Å². The van der Waals surface area contributed by atoms with E-state index in [1.54, 1.807) is 31.3 Å². The van der Waals surface area contributed by atoms with Crippen molar-refractivity contribution >= 4 is 5.91 Å². The summed E-state index contributed by atoms with van der Waals surface area (Å²) in [7, 11) is 1.61. The van der Waals surface area contributed by atoms with Gasteiger partial charge in [-0.2, -0.15) is 4.80 Å². The first-order valence-electron chi connectivity index (χ1n) is 8.14. The number of hydrogen-bond acceptors (Lipinski definition) is 5. The summed E-state index contributed by atoms with van der Waals surface area (Å²) < 4.78 is 26.7. The van der Waals surface area contributed by atoms with Crippen molar-refractivity contribution in [3.8, 4) is 0 Å². The second kappa shape index (κ2) is 8.00. The highest BCUT2D eigenvalue weighted by atomic mass is 19.1. The van der Waals surface area contributed by atoms with Gasteiger partial charge in [-0.15, -0.1) is 10.2 Å². The number of halogens is 2. The van der Waals surface area contributed by atoms with Gasteiger partial charge in [0, 0.05) is 24.2 Å². The largest absolute Gasteiger partial charge is 0.386 e. The first-order valence-corrected chi connectivity index (χ1v) is 8.14. The summed E-state index contributed by atoms with van der Waals surface area (Å²) in [6, 6.07) is 11.7. The lowest BCUT2D eigenvalue weighted by Gasteiger charge is -2.14. The van der Waals surface area contributed by atoms with Gasteiger partial charge in [-0.05, 0) is 23.4 Å². The minimum atomic E-state index is -1.27. The Balaban J connectivity index is 1.63. The number of rotatable bonds is 6. The third-order valence-electron chi connectivity index (χ3n) is 3.90. The third kappa shape index (κ3) is 4.50. The molecule has 7 nitrogen and oxygen atoms in total. The summed E-state index contributed by atoms with van der Waals surface area (Å²) in [5, 5.41) is 21.8. The molecule has 1 unspecified atom stereocenters. The van der Waals surface area contributed by atoms with Crippen LogP contribution >= 0.6 is 0 Å². The number of nitrogens with zero attached hydrogens (tertiary/aromatic N) is 5. The van der Waals surface area contributed by atoms with Crippen molar-refractivity contribution in [1.29, 1.82) is 0 Å².